The molecule has 0 saturated heterocycles. The Balaban J connectivity index is 1.96. The van der Waals surface area contributed by atoms with Gasteiger partial charge >= 0.3 is 11.9 Å². The summed E-state index contributed by atoms with van der Waals surface area (Å²) in [6.45, 7) is 1.50. The molecule has 0 aliphatic heterocycles. The van der Waals surface area contributed by atoms with Crippen LogP contribution in [0.4, 0.5) is 0 Å². The first-order chi connectivity index (χ1) is 10.1. The Morgan fingerprint density at radius 3 is 1.81 bits per heavy atom. The zero-order valence-electron chi connectivity index (χ0n) is 11.5. The van der Waals surface area contributed by atoms with E-state index in [0.717, 1.165) is 6.08 Å². The summed E-state index contributed by atoms with van der Waals surface area (Å²) < 4.78 is 10.2. The number of hydrogen-bond acceptors (Lipinski definition) is 4. The number of hydrogen-bond donors (Lipinski definition) is 0. The highest BCUT2D eigenvalue weighted by molar-refractivity contribution is 5.97. The van der Waals surface area contributed by atoms with Crippen LogP contribution < -0.4 is 9.47 Å². The molecule has 4 heteroatoms. The molecule has 0 bridgehead atoms. The fourth-order valence-corrected chi connectivity index (χ4v) is 1.55. The molecule has 0 aliphatic carbocycles. The van der Waals surface area contributed by atoms with Gasteiger partial charge in [-0.05, 0) is 31.2 Å². The van der Waals surface area contributed by atoms with E-state index in [2.05, 4.69) is 0 Å². The molecule has 0 unspecified atom stereocenters. The predicted octanol–water partition coefficient (Wildman–Crippen LogP) is 3.14. The predicted molar refractivity (Wildman–Crippen MR) is 77.9 cm³/mol. The molecule has 0 N–H and O–H groups in total. The number of ether oxygens (including phenoxy) is 2. The molecule has 0 aliphatic rings. The van der Waals surface area contributed by atoms with Crippen LogP contribution in [0.3, 0.4) is 0 Å². The lowest BCUT2D eigenvalue weighted by atomic mass is 10.3. The molecular formula is C17H14O4. The van der Waals surface area contributed by atoms with Gasteiger partial charge in [0, 0.05) is 11.6 Å². The molecule has 21 heavy (non-hydrogen) atoms. The van der Waals surface area contributed by atoms with Crippen molar-refractivity contribution in [3.8, 4) is 11.5 Å². The summed E-state index contributed by atoms with van der Waals surface area (Å²) in [6.07, 6.45) is 1.11. The van der Waals surface area contributed by atoms with Gasteiger partial charge < -0.3 is 9.47 Å². The van der Waals surface area contributed by atoms with Crippen LogP contribution in [0.25, 0.3) is 0 Å². The first-order valence-corrected chi connectivity index (χ1v) is 6.37. The maximum atomic E-state index is 11.8. The van der Waals surface area contributed by atoms with Crippen LogP contribution in [-0.2, 0) is 9.59 Å². The highest BCUT2D eigenvalue weighted by Gasteiger charge is 2.10. The highest BCUT2D eigenvalue weighted by atomic mass is 16.5. The second kappa shape index (κ2) is 7.05. The second-order valence-electron chi connectivity index (χ2n) is 4.26. The van der Waals surface area contributed by atoms with Gasteiger partial charge in [-0.3, -0.25) is 0 Å². The first kappa shape index (κ1) is 14.5. The number of rotatable bonds is 4. The molecule has 0 saturated carbocycles. The Kier molecular flexibility index (Phi) is 4.88. The van der Waals surface area contributed by atoms with E-state index in [0.29, 0.717) is 11.5 Å². The van der Waals surface area contributed by atoms with Crippen molar-refractivity contribution in [2.24, 2.45) is 0 Å². The summed E-state index contributed by atoms with van der Waals surface area (Å²) >= 11 is 0. The average Bonchev–Trinajstić information content (AvgIpc) is 2.49. The molecule has 4 nitrogen and oxygen atoms in total. The van der Waals surface area contributed by atoms with Crippen LogP contribution in [0, 0.1) is 0 Å². The van der Waals surface area contributed by atoms with Crippen LogP contribution in [0.15, 0.2) is 72.3 Å². The number of esters is 2. The van der Waals surface area contributed by atoms with Gasteiger partial charge in [-0.1, -0.05) is 36.4 Å². The van der Waals surface area contributed by atoms with Crippen LogP contribution >= 0.6 is 0 Å². The summed E-state index contributed by atoms with van der Waals surface area (Å²) in [5.74, 6) is -0.371. The Bertz CT molecular complexity index is 645. The van der Waals surface area contributed by atoms with Crippen molar-refractivity contribution in [1.29, 1.82) is 0 Å². The SMILES string of the molecule is C/C(=C\C(=O)Oc1ccccc1)C(=O)Oc1ccccc1. The second-order valence-corrected chi connectivity index (χ2v) is 4.26. The van der Waals surface area contributed by atoms with E-state index in [4.69, 9.17) is 9.47 Å². The van der Waals surface area contributed by atoms with E-state index >= 15 is 0 Å². The number of carbonyl (C=O) groups is 2. The molecule has 2 aromatic carbocycles. The van der Waals surface area contributed by atoms with Crippen molar-refractivity contribution >= 4 is 11.9 Å². The maximum Gasteiger partial charge on any atom is 0.339 e. The fraction of sp³-hybridized carbons (Fsp3) is 0.0588. The summed E-state index contributed by atoms with van der Waals surface area (Å²) in [6, 6.07) is 17.3. The lowest BCUT2D eigenvalue weighted by Crippen LogP contribution is -2.12. The Morgan fingerprint density at radius 2 is 1.29 bits per heavy atom. The molecule has 0 amide bonds. The van der Waals surface area contributed by atoms with Gasteiger partial charge in [-0.2, -0.15) is 0 Å². The average molecular weight is 282 g/mol. The van der Waals surface area contributed by atoms with Crippen molar-refractivity contribution in [3.05, 3.63) is 72.3 Å². The number of carbonyl (C=O) groups excluding carboxylic acids is 2. The monoisotopic (exact) mass is 282 g/mol. The Labute approximate surface area is 122 Å². The maximum absolute atomic E-state index is 11.8. The molecular weight excluding hydrogens is 268 g/mol. The lowest BCUT2D eigenvalue weighted by molar-refractivity contribution is -0.132. The van der Waals surface area contributed by atoms with Crippen molar-refractivity contribution in [1.82, 2.24) is 0 Å². The van der Waals surface area contributed by atoms with E-state index in [-0.39, 0.29) is 5.57 Å². The first-order valence-electron chi connectivity index (χ1n) is 6.37. The minimum Gasteiger partial charge on any atom is -0.423 e. The molecule has 0 aromatic heterocycles. The molecule has 0 fully saturated rings. The van der Waals surface area contributed by atoms with E-state index in [1.54, 1.807) is 48.5 Å². The molecule has 0 atom stereocenters. The van der Waals surface area contributed by atoms with E-state index in [1.807, 2.05) is 12.1 Å². The molecule has 0 radical (unpaired) electrons. The highest BCUT2D eigenvalue weighted by Crippen LogP contribution is 2.12. The van der Waals surface area contributed by atoms with Crippen molar-refractivity contribution < 1.29 is 19.1 Å². The Morgan fingerprint density at radius 1 is 0.810 bits per heavy atom. The van der Waals surface area contributed by atoms with Crippen LogP contribution in [0.1, 0.15) is 6.92 Å². The van der Waals surface area contributed by atoms with Gasteiger partial charge in [0.25, 0.3) is 0 Å². The summed E-state index contributed by atoms with van der Waals surface area (Å²) in [5, 5.41) is 0. The zero-order chi connectivity index (χ0) is 15.1. The molecule has 2 aromatic rings. The van der Waals surface area contributed by atoms with Gasteiger partial charge in [0.05, 0.1) is 0 Å². The number of benzene rings is 2. The topological polar surface area (TPSA) is 52.6 Å². The molecule has 2 rings (SSSR count). The lowest BCUT2D eigenvalue weighted by Gasteiger charge is -2.04. The van der Waals surface area contributed by atoms with Gasteiger partial charge in [0.1, 0.15) is 11.5 Å². The smallest absolute Gasteiger partial charge is 0.339 e. The third-order valence-electron chi connectivity index (χ3n) is 2.57. The zero-order valence-corrected chi connectivity index (χ0v) is 11.5. The van der Waals surface area contributed by atoms with Gasteiger partial charge in [0.2, 0.25) is 0 Å². The Hall–Kier alpha value is -2.88. The summed E-state index contributed by atoms with van der Waals surface area (Å²) in [4.78, 5) is 23.5. The third kappa shape index (κ3) is 4.62. The minimum atomic E-state index is -0.622. The molecule has 0 heterocycles. The quantitative estimate of drug-likeness (QED) is 0.491. The summed E-state index contributed by atoms with van der Waals surface area (Å²) in [5.41, 5.74) is 0.166. The van der Waals surface area contributed by atoms with Crippen LogP contribution in [-0.4, -0.2) is 11.9 Å². The van der Waals surface area contributed by atoms with Gasteiger partial charge in [0.15, 0.2) is 0 Å². The fourth-order valence-electron chi connectivity index (χ4n) is 1.55. The normalized spacial score (nSPS) is 10.8. The largest absolute Gasteiger partial charge is 0.423 e. The van der Waals surface area contributed by atoms with Gasteiger partial charge in [-0.15, -0.1) is 0 Å². The van der Waals surface area contributed by atoms with E-state index < -0.39 is 11.9 Å². The number of para-hydroxylation sites is 2. The molecule has 106 valence electrons. The van der Waals surface area contributed by atoms with Crippen molar-refractivity contribution in [3.63, 3.8) is 0 Å². The van der Waals surface area contributed by atoms with E-state index in [9.17, 15) is 9.59 Å². The minimum absolute atomic E-state index is 0.166. The van der Waals surface area contributed by atoms with Gasteiger partial charge in [-0.25, -0.2) is 9.59 Å². The summed E-state index contributed by atoms with van der Waals surface area (Å²) in [7, 11) is 0. The van der Waals surface area contributed by atoms with Crippen LogP contribution in [0.2, 0.25) is 0 Å². The molecule has 0 spiro atoms. The van der Waals surface area contributed by atoms with E-state index in [1.165, 1.54) is 6.92 Å². The van der Waals surface area contributed by atoms with Crippen LogP contribution in [0.5, 0.6) is 11.5 Å². The van der Waals surface area contributed by atoms with Crippen molar-refractivity contribution in [2.75, 3.05) is 0 Å². The van der Waals surface area contributed by atoms with Crippen molar-refractivity contribution in [2.45, 2.75) is 6.92 Å². The third-order valence-corrected chi connectivity index (χ3v) is 2.57. The standard InChI is InChI=1S/C17H14O4/c1-13(17(19)21-15-10-6-3-7-11-15)12-16(18)20-14-8-4-2-5-9-14/h2-12H,1H3/b13-12+.